The largest absolute Gasteiger partial charge is 2.00 e. The van der Waals surface area contributed by atoms with Gasteiger partial charge >= 0.3 is 23.9 Å². The van der Waals surface area contributed by atoms with Crippen LogP contribution in [0.2, 0.25) is 0 Å². The molecule has 0 amide bonds. The second-order valence-corrected chi connectivity index (χ2v) is 4.53. The monoisotopic (exact) mass is 370 g/mol. The van der Waals surface area contributed by atoms with E-state index in [1.165, 1.54) is 0 Å². The number of carboxylic acid groups (broad SMARTS) is 2. The predicted octanol–water partition coefficient (Wildman–Crippen LogP) is 0.0926. The van der Waals surface area contributed by atoms with E-state index in [-0.39, 0.29) is 23.9 Å². The van der Waals surface area contributed by atoms with E-state index < -0.39 is 11.9 Å². The molecule has 0 saturated carbocycles. The Balaban J connectivity index is 0.000000324. The normalized spacial score (nSPS) is 17.9. The standard InChI is InChI=1S/2C7H10O2.Sn/c2*8-7(9)6-4-2-1-3-5-6;/h2*4H,1-3,5H2,(H,8,9);/q;;+2/p-2. The summed E-state index contributed by atoms with van der Waals surface area (Å²) in [6.07, 6.45) is 11.0. The van der Waals surface area contributed by atoms with Crippen LogP contribution >= 0.6 is 0 Å². The van der Waals surface area contributed by atoms with Gasteiger partial charge in [-0.3, -0.25) is 0 Å². The average Bonchev–Trinajstić information content (AvgIpc) is 2.41. The third kappa shape index (κ3) is 7.40. The zero-order chi connectivity index (χ0) is 13.4. The molecule has 2 aliphatic rings. The van der Waals surface area contributed by atoms with Crippen molar-refractivity contribution in [2.24, 2.45) is 0 Å². The minimum atomic E-state index is -0.991. The van der Waals surface area contributed by atoms with Gasteiger partial charge < -0.3 is 19.8 Å². The molecule has 0 aliphatic heterocycles. The maximum Gasteiger partial charge on any atom is 2.00 e. The number of hydrogen-bond acceptors (Lipinski definition) is 4. The maximum absolute atomic E-state index is 10.2. The molecule has 0 spiro atoms. The molecule has 102 valence electrons. The van der Waals surface area contributed by atoms with Gasteiger partial charge in [0.05, 0.1) is 11.9 Å². The van der Waals surface area contributed by atoms with Gasteiger partial charge in [0.25, 0.3) is 0 Å². The first-order valence-corrected chi connectivity index (χ1v) is 6.42. The van der Waals surface area contributed by atoms with Crippen molar-refractivity contribution in [1.82, 2.24) is 0 Å². The van der Waals surface area contributed by atoms with Crippen molar-refractivity contribution in [3.8, 4) is 0 Å². The molecule has 0 atom stereocenters. The van der Waals surface area contributed by atoms with E-state index in [1.807, 2.05) is 0 Å². The molecule has 0 aromatic rings. The van der Waals surface area contributed by atoms with Crippen molar-refractivity contribution in [2.45, 2.75) is 51.4 Å². The first-order chi connectivity index (χ1) is 8.61. The summed E-state index contributed by atoms with van der Waals surface area (Å²) in [5, 5.41) is 20.3. The molecule has 0 aromatic heterocycles. The fourth-order valence-electron chi connectivity index (χ4n) is 2.05. The van der Waals surface area contributed by atoms with Crippen LogP contribution in [0.4, 0.5) is 0 Å². The zero-order valence-electron chi connectivity index (χ0n) is 10.9. The van der Waals surface area contributed by atoms with Gasteiger partial charge in [-0.2, -0.15) is 0 Å². The van der Waals surface area contributed by atoms with Crippen LogP contribution in [0.25, 0.3) is 0 Å². The second kappa shape index (κ2) is 10.1. The summed E-state index contributed by atoms with van der Waals surface area (Å²) in [4.78, 5) is 20.3. The average molecular weight is 369 g/mol. The number of hydrogen-bond donors (Lipinski definition) is 0. The summed E-state index contributed by atoms with van der Waals surface area (Å²) in [6.45, 7) is 0. The summed E-state index contributed by atoms with van der Waals surface area (Å²) in [6, 6.07) is 0. The molecular weight excluding hydrogens is 351 g/mol. The number of aliphatic carboxylic acids is 2. The number of carboxylic acids is 2. The van der Waals surface area contributed by atoms with Crippen molar-refractivity contribution in [1.29, 1.82) is 0 Å². The molecule has 5 heteroatoms. The van der Waals surface area contributed by atoms with Crippen molar-refractivity contribution >= 4 is 35.8 Å². The van der Waals surface area contributed by atoms with E-state index in [1.54, 1.807) is 12.2 Å². The summed E-state index contributed by atoms with van der Waals surface area (Å²) >= 11 is 0. The van der Waals surface area contributed by atoms with Crippen LogP contribution in [0, 0.1) is 0 Å². The fraction of sp³-hybridized carbons (Fsp3) is 0.571. The van der Waals surface area contributed by atoms with Gasteiger partial charge in [-0.1, -0.05) is 12.2 Å². The molecule has 0 saturated heterocycles. The van der Waals surface area contributed by atoms with Crippen molar-refractivity contribution in [2.75, 3.05) is 0 Å². The molecule has 0 aromatic carbocycles. The Morgan fingerprint density at radius 1 is 0.789 bits per heavy atom. The van der Waals surface area contributed by atoms with Crippen LogP contribution in [-0.4, -0.2) is 35.8 Å². The van der Waals surface area contributed by atoms with Crippen molar-refractivity contribution in [3.05, 3.63) is 23.3 Å². The molecule has 0 heterocycles. The molecular formula is C14H18O4Sn. The Kier molecular flexibility index (Phi) is 9.65. The van der Waals surface area contributed by atoms with Gasteiger partial charge in [-0.05, 0) is 62.5 Å². The molecule has 4 nitrogen and oxygen atoms in total. The molecule has 2 radical (unpaired) electrons. The summed E-state index contributed by atoms with van der Waals surface area (Å²) < 4.78 is 0. The molecule has 0 unspecified atom stereocenters. The topological polar surface area (TPSA) is 80.3 Å². The van der Waals surface area contributed by atoms with E-state index in [9.17, 15) is 19.8 Å². The van der Waals surface area contributed by atoms with Gasteiger partial charge in [-0.15, -0.1) is 0 Å². The van der Waals surface area contributed by atoms with Gasteiger partial charge in [0.15, 0.2) is 0 Å². The fourth-order valence-corrected chi connectivity index (χ4v) is 2.05. The Morgan fingerprint density at radius 3 is 1.32 bits per heavy atom. The molecule has 2 rings (SSSR count). The third-order valence-corrected chi connectivity index (χ3v) is 3.11. The Labute approximate surface area is 130 Å². The number of allylic oxidation sites excluding steroid dienone is 2. The molecule has 0 bridgehead atoms. The SMILES string of the molecule is O=C([O-])C1=CCCCC1.O=C([O-])C1=CCCCC1.[Sn+2]. The summed E-state index contributed by atoms with van der Waals surface area (Å²) in [5.74, 6) is -1.98. The summed E-state index contributed by atoms with van der Waals surface area (Å²) in [7, 11) is 0. The molecule has 0 fully saturated rings. The van der Waals surface area contributed by atoms with E-state index in [2.05, 4.69) is 0 Å². The van der Waals surface area contributed by atoms with Crippen LogP contribution in [0.5, 0.6) is 0 Å². The van der Waals surface area contributed by atoms with Crippen LogP contribution in [0.3, 0.4) is 0 Å². The maximum atomic E-state index is 10.2. The quantitative estimate of drug-likeness (QED) is 0.647. The molecule has 0 N–H and O–H groups in total. The van der Waals surface area contributed by atoms with Gasteiger partial charge in [0, 0.05) is 0 Å². The van der Waals surface area contributed by atoms with Gasteiger partial charge in [0.2, 0.25) is 0 Å². The molecule has 2 aliphatic carbocycles. The van der Waals surface area contributed by atoms with Crippen LogP contribution in [0.1, 0.15) is 51.4 Å². The third-order valence-electron chi connectivity index (χ3n) is 3.11. The van der Waals surface area contributed by atoms with E-state index >= 15 is 0 Å². The van der Waals surface area contributed by atoms with E-state index in [4.69, 9.17) is 0 Å². The second-order valence-electron chi connectivity index (χ2n) is 4.53. The summed E-state index contributed by atoms with van der Waals surface area (Å²) in [5.41, 5.74) is 0.975. The number of carbonyl (C=O) groups is 2. The Morgan fingerprint density at radius 2 is 1.16 bits per heavy atom. The smallest absolute Gasteiger partial charge is 0.545 e. The van der Waals surface area contributed by atoms with Crippen LogP contribution in [-0.2, 0) is 9.59 Å². The predicted molar refractivity (Wildman–Crippen MR) is 68.9 cm³/mol. The van der Waals surface area contributed by atoms with Crippen molar-refractivity contribution < 1.29 is 19.8 Å². The van der Waals surface area contributed by atoms with Gasteiger partial charge in [-0.25, -0.2) is 0 Å². The van der Waals surface area contributed by atoms with Crippen LogP contribution < -0.4 is 10.2 Å². The number of rotatable bonds is 2. The van der Waals surface area contributed by atoms with Gasteiger partial charge in [0.1, 0.15) is 0 Å². The van der Waals surface area contributed by atoms with Crippen LogP contribution in [0.15, 0.2) is 23.3 Å². The minimum absolute atomic E-state index is 0. The Bertz CT molecular complexity index is 336. The van der Waals surface area contributed by atoms with E-state index in [0.29, 0.717) is 24.0 Å². The first-order valence-electron chi connectivity index (χ1n) is 6.42. The Hall–Kier alpha value is -0.781. The van der Waals surface area contributed by atoms with E-state index in [0.717, 1.165) is 38.5 Å². The first kappa shape index (κ1) is 18.2. The van der Waals surface area contributed by atoms with Crippen molar-refractivity contribution in [3.63, 3.8) is 0 Å². The molecule has 19 heavy (non-hydrogen) atoms. The minimum Gasteiger partial charge on any atom is -0.545 e. The number of carbonyl (C=O) groups excluding carboxylic acids is 2. The zero-order valence-corrected chi connectivity index (χ0v) is 13.8.